The summed E-state index contributed by atoms with van der Waals surface area (Å²) in [6.45, 7) is -0.505. The van der Waals surface area contributed by atoms with Gasteiger partial charge in [0, 0.05) is 29.8 Å². The number of aliphatic hydroxyl groups is 1. The van der Waals surface area contributed by atoms with Crippen LogP contribution in [0.4, 0.5) is 30.7 Å². The number of hydrogen-bond donors (Lipinski definition) is 2. The molecule has 2 N–H and O–H groups in total. The molecule has 0 aliphatic heterocycles. The van der Waals surface area contributed by atoms with Crippen LogP contribution >= 0.6 is 0 Å². The van der Waals surface area contributed by atoms with Crippen LogP contribution in [0, 0.1) is 0 Å². The Balaban J connectivity index is 0.00000512. The Labute approximate surface area is 187 Å². The highest BCUT2D eigenvalue weighted by Gasteiger charge is 2.73. The Hall–Kier alpha value is -2.54. The molecule has 2 rings (SSSR count). The lowest BCUT2D eigenvalue weighted by molar-refractivity contribution is -0.683. The summed E-state index contributed by atoms with van der Waals surface area (Å²) in [5.41, 5.74) is -1.53. The number of carbonyl (C=O) groups is 2. The molecule has 13 heteroatoms. The fourth-order valence-electron chi connectivity index (χ4n) is 2.47. The van der Waals surface area contributed by atoms with Crippen LogP contribution in [0.3, 0.4) is 0 Å². The number of pyridine rings is 1. The number of aliphatic hydroxyl groups excluding tert-OH is 1. The van der Waals surface area contributed by atoms with Gasteiger partial charge in [-0.2, -0.15) is 35.3 Å². The zero-order chi connectivity index (χ0) is 23.4. The average molecular weight is 533 g/mol. The third-order valence-corrected chi connectivity index (χ3v) is 4.20. The number of ketones is 1. The van der Waals surface area contributed by atoms with E-state index in [2.05, 4.69) is 5.32 Å². The molecule has 1 aromatic heterocycles. The molecule has 0 saturated heterocycles. The molecule has 0 aliphatic rings. The summed E-state index contributed by atoms with van der Waals surface area (Å²) in [6.07, 6.45) is -3.71. The topological polar surface area (TPSA) is 70.3 Å². The predicted molar refractivity (Wildman–Crippen MR) is 91.7 cm³/mol. The molecule has 5 nitrogen and oxygen atoms in total. The summed E-state index contributed by atoms with van der Waals surface area (Å²) < 4.78 is 91.8. The van der Waals surface area contributed by atoms with E-state index < -0.39 is 35.3 Å². The fourth-order valence-corrected chi connectivity index (χ4v) is 2.47. The Bertz CT molecular complexity index is 933. The molecule has 1 amide bonds. The largest absolute Gasteiger partial charge is 1.00 e. The van der Waals surface area contributed by atoms with Gasteiger partial charge in [0.1, 0.15) is 0 Å². The highest BCUT2D eigenvalue weighted by atomic mass is 79.9. The molecule has 0 radical (unpaired) electrons. The molecule has 0 saturated carbocycles. The van der Waals surface area contributed by atoms with Crippen molar-refractivity contribution in [2.45, 2.75) is 24.6 Å². The smallest absolute Gasteiger partial charge is 0.460 e. The summed E-state index contributed by atoms with van der Waals surface area (Å²) in [6, 6.07) is 4.90. The maximum Gasteiger partial charge on any atom is 0.460 e. The first kappa shape index (κ1) is 27.5. The van der Waals surface area contributed by atoms with Crippen molar-refractivity contribution >= 4 is 11.7 Å². The van der Waals surface area contributed by atoms with Gasteiger partial charge in [0.15, 0.2) is 12.4 Å². The van der Waals surface area contributed by atoms with E-state index in [9.17, 15) is 40.3 Å². The van der Waals surface area contributed by atoms with Crippen molar-refractivity contribution in [3.05, 3.63) is 65.5 Å². The van der Waals surface area contributed by atoms with Gasteiger partial charge in [-0.1, -0.05) is 24.3 Å². The number of alkyl halides is 7. The predicted octanol–water partition coefficient (Wildman–Crippen LogP) is -0.127. The molecular weight excluding hydrogens is 517 g/mol. The second-order valence-electron chi connectivity index (χ2n) is 6.39. The number of Topliss-reactive ketones (excluding diaryl/α,β-unsaturated/α-hetero) is 1. The molecule has 0 aliphatic carbocycles. The van der Waals surface area contributed by atoms with Crippen LogP contribution in [0.5, 0.6) is 0 Å². The third-order valence-electron chi connectivity index (χ3n) is 4.20. The number of halogens is 8. The second kappa shape index (κ2) is 10.4. The van der Waals surface area contributed by atoms with E-state index in [4.69, 9.17) is 5.11 Å². The van der Waals surface area contributed by atoms with Crippen molar-refractivity contribution in [1.29, 1.82) is 0 Å². The van der Waals surface area contributed by atoms with Gasteiger partial charge in [-0.05, 0) is 0 Å². The summed E-state index contributed by atoms with van der Waals surface area (Å²) in [5, 5.41) is 11.1. The quantitative estimate of drug-likeness (QED) is 0.283. The SMILES string of the molecule is O=C(C[n+]1ccc(C(=O)NCCO)cc1)c1ccc(C(F)(F)C(F)(F)C(F)(F)F)cc1.[Br-]. The molecule has 0 bridgehead atoms. The lowest BCUT2D eigenvalue weighted by atomic mass is 9.99. The minimum atomic E-state index is -6.46. The van der Waals surface area contributed by atoms with Gasteiger partial charge in [-0.15, -0.1) is 0 Å². The normalized spacial score (nSPS) is 12.1. The van der Waals surface area contributed by atoms with Crippen molar-refractivity contribution in [2.24, 2.45) is 0 Å². The molecule has 0 atom stereocenters. The van der Waals surface area contributed by atoms with Gasteiger partial charge in [-0.25, -0.2) is 0 Å². The average Bonchev–Trinajstić information content (AvgIpc) is 2.71. The Kier molecular flexibility index (Phi) is 8.92. The lowest BCUT2D eigenvalue weighted by Gasteiger charge is -2.28. The highest BCUT2D eigenvalue weighted by Crippen LogP contribution is 2.51. The number of aromatic nitrogens is 1. The zero-order valence-corrected chi connectivity index (χ0v) is 17.6. The summed E-state index contributed by atoms with van der Waals surface area (Å²) in [4.78, 5) is 24.0. The van der Waals surface area contributed by atoms with E-state index in [1.54, 1.807) is 0 Å². The molecule has 176 valence electrons. The molecule has 0 spiro atoms. The minimum absolute atomic E-state index is 0. The number of carbonyl (C=O) groups excluding carboxylic acids is 2. The van der Waals surface area contributed by atoms with Gasteiger partial charge in [-0.3, -0.25) is 9.59 Å². The van der Waals surface area contributed by atoms with Crippen LogP contribution in [0.2, 0.25) is 0 Å². The first-order chi connectivity index (χ1) is 14.3. The van der Waals surface area contributed by atoms with Gasteiger partial charge >= 0.3 is 18.0 Å². The van der Waals surface area contributed by atoms with Crippen LogP contribution in [0.15, 0.2) is 48.8 Å². The third kappa shape index (κ3) is 5.82. The van der Waals surface area contributed by atoms with Gasteiger partial charge in [0.05, 0.1) is 12.2 Å². The van der Waals surface area contributed by atoms with Gasteiger partial charge in [0.25, 0.3) is 5.91 Å². The molecule has 0 fully saturated rings. The number of rotatable bonds is 8. The molecule has 1 aromatic carbocycles. The standard InChI is InChI=1S/C19H15F7N2O3.BrH/c20-17(21,18(22,23)19(24,25)26)14-3-1-12(2-4-14)15(30)11-28-8-5-13(6-9-28)16(31)27-7-10-29;/h1-6,8-9,29H,7,10-11H2;1H. The lowest BCUT2D eigenvalue weighted by Crippen LogP contribution is -3.00. The summed E-state index contributed by atoms with van der Waals surface area (Å²) in [5.74, 6) is -12.9. The number of hydrogen-bond acceptors (Lipinski definition) is 3. The molecule has 32 heavy (non-hydrogen) atoms. The van der Waals surface area contributed by atoms with Crippen molar-refractivity contribution in [1.82, 2.24) is 5.32 Å². The monoisotopic (exact) mass is 532 g/mol. The maximum absolute atomic E-state index is 13.7. The first-order valence-corrected chi connectivity index (χ1v) is 8.65. The maximum atomic E-state index is 13.7. The van der Waals surface area contributed by atoms with Crippen molar-refractivity contribution in [3.63, 3.8) is 0 Å². The minimum Gasteiger partial charge on any atom is -1.00 e. The van der Waals surface area contributed by atoms with E-state index in [0.717, 1.165) is 12.1 Å². The van der Waals surface area contributed by atoms with E-state index in [1.165, 1.54) is 29.1 Å². The Morgan fingerprint density at radius 3 is 1.88 bits per heavy atom. The van der Waals surface area contributed by atoms with Crippen LogP contribution in [0.25, 0.3) is 0 Å². The van der Waals surface area contributed by atoms with E-state index in [0.29, 0.717) is 12.1 Å². The van der Waals surface area contributed by atoms with E-state index in [-0.39, 0.29) is 47.8 Å². The van der Waals surface area contributed by atoms with Gasteiger partial charge in [0.2, 0.25) is 12.3 Å². The molecule has 1 heterocycles. The molecule has 2 aromatic rings. The number of nitrogens with one attached hydrogen (secondary N) is 1. The molecule has 0 unspecified atom stereocenters. The number of amides is 1. The number of nitrogens with zero attached hydrogens (tertiary/aromatic N) is 1. The van der Waals surface area contributed by atoms with Crippen LogP contribution in [0.1, 0.15) is 26.3 Å². The zero-order valence-electron chi connectivity index (χ0n) is 16.0. The van der Waals surface area contributed by atoms with Crippen molar-refractivity contribution < 1.29 is 67.0 Å². The summed E-state index contributed by atoms with van der Waals surface area (Å²) in [7, 11) is 0. The van der Waals surface area contributed by atoms with E-state index in [1.807, 2.05) is 0 Å². The molecular formula is C19H16BrF7N2O3. The van der Waals surface area contributed by atoms with Gasteiger partial charge < -0.3 is 27.4 Å². The Morgan fingerprint density at radius 1 is 0.875 bits per heavy atom. The highest BCUT2D eigenvalue weighted by molar-refractivity contribution is 5.95. The Morgan fingerprint density at radius 2 is 1.41 bits per heavy atom. The van der Waals surface area contributed by atoms with Crippen LogP contribution in [-0.2, 0) is 12.5 Å². The van der Waals surface area contributed by atoms with Crippen molar-refractivity contribution in [2.75, 3.05) is 13.2 Å². The second-order valence-corrected chi connectivity index (χ2v) is 6.39. The van der Waals surface area contributed by atoms with Crippen LogP contribution in [-0.4, -0.2) is 42.0 Å². The summed E-state index contributed by atoms with van der Waals surface area (Å²) >= 11 is 0. The van der Waals surface area contributed by atoms with E-state index >= 15 is 0 Å². The fraction of sp³-hybridized carbons (Fsp3) is 0.316. The van der Waals surface area contributed by atoms with Crippen molar-refractivity contribution in [3.8, 4) is 0 Å². The van der Waals surface area contributed by atoms with Crippen LogP contribution < -0.4 is 26.9 Å². The first-order valence-electron chi connectivity index (χ1n) is 8.65. The number of benzene rings is 1.